The van der Waals surface area contributed by atoms with E-state index >= 15 is 0 Å². The lowest BCUT2D eigenvalue weighted by atomic mass is 9.74. The smallest absolute Gasteiger partial charge is 0.248 e. The molecule has 0 bridgehead atoms. The second-order valence-corrected chi connectivity index (χ2v) is 7.42. The van der Waals surface area contributed by atoms with Crippen LogP contribution in [0.4, 0.5) is 0 Å². The van der Waals surface area contributed by atoms with Gasteiger partial charge in [0, 0.05) is 50.9 Å². The molecule has 0 unspecified atom stereocenters. The second-order valence-electron chi connectivity index (χ2n) is 7.42. The van der Waals surface area contributed by atoms with E-state index in [-0.39, 0.29) is 37.1 Å². The summed E-state index contributed by atoms with van der Waals surface area (Å²) >= 11 is 0. The number of aliphatic hydroxyl groups excluding tert-OH is 1. The third-order valence-electron chi connectivity index (χ3n) is 5.74. The summed E-state index contributed by atoms with van der Waals surface area (Å²) in [5.41, 5.74) is 2.14. The van der Waals surface area contributed by atoms with Crippen LogP contribution in [0.25, 0.3) is 0 Å². The average Bonchev–Trinajstić information content (AvgIpc) is 2.68. The molecule has 0 saturated carbocycles. The van der Waals surface area contributed by atoms with Crippen LogP contribution in [-0.2, 0) is 14.3 Å². The van der Waals surface area contributed by atoms with Crippen LogP contribution in [0, 0.1) is 11.8 Å². The van der Waals surface area contributed by atoms with Gasteiger partial charge in [0.1, 0.15) is 13.2 Å². The van der Waals surface area contributed by atoms with E-state index in [1.54, 1.807) is 14.2 Å². The zero-order valence-corrected chi connectivity index (χ0v) is 16.8. The highest BCUT2D eigenvalue weighted by molar-refractivity contribution is 5.77. The number of hydrogen-bond acceptors (Lipinski definition) is 5. The van der Waals surface area contributed by atoms with Crippen molar-refractivity contribution >= 4 is 5.91 Å². The Balaban J connectivity index is 1.77. The minimum Gasteiger partial charge on any atom is -0.395 e. The van der Waals surface area contributed by atoms with Crippen molar-refractivity contribution in [1.82, 2.24) is 9.80 Å². The van der Waals surface area contributed by atoms with Crippen molar-refractivity contribution in [2.75, 3.05) is 53.7 Å². The summed E-state index contributed by atoms with van der Waals surface area (Å²) in [6, 6.07) is 8.57. The van der Waals surface area contributed by atoms with Gasteiger partial charge in [0.05, 0.1) is 6.61 Å². The number of nitrogens with zero attached hydrogens (tertiary/aromatic N) is 2. The Hall–Kier alpha value is -1.91. The molecule has 2 aliphatic heterocycles. The molecule has 2 aliphatic rings. The van der Waals surface area contributed by atoms with Crippen LogP contribution >= 0.6 is 0 Å². The van der Waals surface area contributed by atoms with E-state index in [2.05, 4.69) is 28.9 Å². The second kappa shape index (κ2) is 10.0. The Morgan fingerprint density at radius 3 is 2.61 bits per heavy atom. The van der Waals surface area contributed by atoms with Crippen molar-refractivity contribution in [3.63, 3.8) is 0 Å². The number of ether oxygens (including phenoxy) is 2. The third kappa shape index (κ3) is 4.56. The molecule has 0 aromatic heterocycles. The topological polar surface area (TPSA) is 62.2 Å². The zero-order chi connectivity index (χ0) is 19.9. The van der Waals surface area contributed by atoms with E-state index in [0.29, 0.717) is 13.2 Å². The fourth-order valence-electron chi connectivity index (χ4n) is 4.38. The lowest BCUT2D eigenvalue weighted by Crippen LogP contribution is -2.68. The number of methoxy groups -OCH3 is 2. The normalized spacial score (nSPS) is 25.0. The number of carbonyl (C=O) groups excluding carboxylic acids is 1. The summed E-state index contributed by atoms with van der Waals surface area (Å²) in [5, 5.41) is 10.00. The van der Waals surface area contributed by atoms with Crippen LogP contribution in [-0.4, -0.2) is 86.6 Å². The Bertz CT molecular complexity index is 709. The fourth-order valence-corrected chi connectivity index (χ4v) is 4.38. The van der Waals surface area contributed by atoms with Crippen molar-refractivity contribution in [3.8, 4) is 11.8 Å². The number of amides is 1. The average molecular weight is 386 g/mol. The molecule has 1 amide bonds. The molecule has 0 aliphatic carbocycles. The SMILES string of the molecule is COCC#Cc1ccc([C@@H]2[C@H]3CN(C(=O)COC)CCCCN3[C@H]2CO)cc1. The van der Waals surface area contributed by atoms with Gasteiger partial charge in [-0.1, -0.05) is 24.0 Å². The van der Waals surface area contributed by atoms with Crippen LogP contribution in [0.15, 0.2) is 24.3 Å². The molecule has 3 atom stereocenters. The first-order valence-corrected chi connectivity index (χ1v) is 9.90. The minimum atomic E-state index is 0.0410. The van der Waals surface area contributed by atoms with Gasteiger partial charge in [0.2, 0.25) is 5.91 Å². The summed E-state index contributed by atoms with van der Waals surface area (Å²) < 4.78 is 10.0. The Morgan fingerprint density at radius 1 is 1.18 bits per heavy atom. The molecule has 0 spiro atoms. The Labute approximate surface area is 167 Å². The molecule has 2 saturated heterocycles. The molecule has 1 aromatic carbocycles. The van der Waals surface area contributed by atoms with E-state index in [4.69, 9.17) is 9.47 Å². The van der Waals surface area contributed by atoms with E-state index in [1.165, 1.54) is 5.56 Å². The maximum atomic E-state index is 12.4. The maximum absolute atomic E-state index is 12.4. The predicted molar refractivity (Wildman–Crippen MR) is 107 cm³/mol. The van der Waals surface area contributed by atoms with Gasteiger partial charge in [-0.2, -0.15) is 0 Å². The van der Waals surface area contributed by atoms with Gasteiger partial charge in [-0.3, -0.25) is 9.69 Å². The first kappa shape index (κ1) is 20.8. The van der Waals surface area contributed by atoms with Gasteiger partial charge in [-0.25, -0.2) is 0 Å². The van der Waals surface area contributed by atoms with Gasteiger partial charge in [0.25, 0.3) is 0 Å². The van der Waals surface area contributed by atoms with Crippen molar-refractivity contribution in [1.29, 1.82) is 0 Å². The van der Waals surface area contributed by atoms with E-state index in [1.807, 2.05) is 17.0 Å². The summed E-state index contributed by atoms with van der Waals surface area (Å²) in [5.74, 6) is 6.30. The number of aliphatic hydroxyl groups is 1. The summed E-state index contributed by atoms with van der Waals surface area (Å²) in [4.78, 5) is 16.7. The Morgan fingerprint density at radius 2 is 1.93 bits per heavy atom. The van der Waals surface area contributed by atoms with Crippen molar-refractivity contribution in [3.05, 3.63) is 35.4 Å². The van der Waals surface area contributed by atoms with Crippen molar-refractivity contribution in [2.24, 2.45) is 0 Å². The molecule has 2 fully saturated rings. The van der Waals surface area contributed by atoms with E-state index < -0.39 is 0 Å². The number of fused-ring (bicyclic) bond motifs is 1. The van der Waals surface area contributed by atoms with Crippen LogP contribution in [0.3, 0.4) is 0 Å². The molecule has 1 aromatic rings. The number of benzene rings is 1. The highest BCUT2D eigenvalue weighted by atomic mass is 16.5. The first-order chi connectivity index (χ1) is 13.7. The molecule has 2 heterocycles. The van der Waals surface area contributed by atoms with Crippen LogP contribution in [0.5, 0.6) is 0 Å². The molecule has 28 heavy (non-hydrogen) atoms. The quantitative estimate of drug-likeness (QED) is 0.768. The van der Waals surface area contributed by atoms with Crippen LogP contribution < -0.4 is 0 Å². The highest BCUT2D eigenvalue weighted by Crippen LogP contribution is 2.41. The molecule has 6 nitrogen and oxygen atoms in total. The fraction of sp³-hybridized carbons (Fsp3) is 0.591. The number of rotatable bonds is 5. The molecular formula is C22H30N2O4. The van der Waals surface area contributed by atoms with Crippen LogP contribution in [0.2, 0.25) is 0 Å². The first-order valence-electron chi connectivity index (χ1n) is 9.90. The van der Waals surface area contributed by atoms with Gasteiger partial charge in [0.15, 0.2) is 0 Å². The Kier molecular flexibility index (Phi) is 7.46. The summed E-state index contributed by atoms with van der Waals surface area (Å²) in [7, 11) is 3.18. The maximum Gasteiger partial charge on any atom is 0.248 e. The lowest BCUT2D eigenvalue weighted by molar-refractivity contribution is -0.140. The predicted octanol–water partition coefficient (Wildman–Crippen LogP) is 1.08. The van der Waals surface area contributed by atoms with E-state index in [0.717, 1.165) is 31.5 Å². The molecule has 1 N–H and O–H groups in total. The standard InChI is InChI=1S/C22H30N2O4/c1-27-13-5-6-17-7-9-18(10-8-17)22-19-14-23(21(26)16-28-2)11-3-4-12-24(19)20(22)15-25/h7-10,19-20,22,25H,3-4,11-16H2,1-2H3/t19-,20+,22-/m1/s1. The highest BCUT2D eigenvalue weighted by Gasteiger charge is 2.49. The van der Waals surface area contributed by atoms with Crippen molar-refractivity contribution < 1.29 is 19.4 Å². The monoisotopic (exact) mass is 386 g/mol. The molecular weight excluding hydrogens is 356 g/mol. The molecule has 6 heteroatoms. The largest absolute Gasteiger partial charge is 0.395 e. The third-order valence-corrected chi connectivity index (χ3v) is 5.74. The molecule has 152 valence electrons. The lowest BCUT2D eigenvalue weighted by Gasteiger charge is -2.57. The number of carbonyl (C=O) groups is 1. The summed E-state index contributed by atoms with van der Waals surface area (Å²) in [6.07, 6.45) is 2.01. The van der Waals surface area contributed by atoms with Gasteiger partial charge in [-0.05, 0) is 37.1 Å². The summed E-state index contributed by atoms with van der Waals surface area (Å²) in [6.45, 7) is 3.09. The molecule has 0 radical (unpaired) electrons. The molecule has 3 rings (SSSR count). The van der Waals surface area contributed by atoms with Gasteiger partial charge < -0.3 is 19.5 Å². The van der Waals surface area contributed by atoms with Gasteiger partial charge in [-0.15, -0.1) is 0 Å². The minimum absolute atomic E-state index is 0.0410. The number of hydrogen-bond donors (Lipinski definition) is 1. The van der Waals surface area contributed by atoms with Gasteiger partial charge >= 0.3 is 0 Å². The van der Waals surface area contributed by atoms with E-state index in [9.17, 15) is 9.90 Å². The van der Waals surface area contributed by atoms with Crippen molar-refractivity contribution in [2.45, 2.75) is 30.8 Å². The van der Waals surface area contributed by atoms with Crippen LogP contribution in [0.1, 0.15) is 29.9 Å². The zero-order valence-electron chi connectivity index (χ0n) is 16.8.